The van der Waals surface area contributed by atoms with Crippen molar-refractivity contribution in [2.24, 2.45) is 0 Å². The lowest BCUT2D eigenvalue weighted by molar-refractivity contribution is 0.102. The van der Waals surface area contributed by atoms with E-state index in [-0.39, 0.29) is 5.91 Å². The summed E-state index contributed by atoms with van der Waals surface area (Å²) in [6.07, 6.45) is 0. The third-order valence-electron chi connectivity index (χ3n) is 3.34. The third-order valence-corrected chi connectivity index (χ3v) is 3.66. The van der Waals surface area contributed by atoms with Crippen LogP contribution in [0.3, 0.4) is 0 Å². The van der Waals surface area contributed by atoms with Gasteiger partial charge in [0.1, 0.15) is 5.69 Å². The van der Waals surface area contributed by atoms with Crippen molar-refractivity contribution in [3.8, 4) is 11.3 Å². The van der Waals surface area contributed by atoms with Crippen molar-refractivity contribution in [3.63, 3.8) is 0 Å². The number of hydrogen-bond donors (Lipinski definition) is 2. The summed E-state index contributed by atoms with van der Waals surface area (Å²) in [6, 6.07) is 11.0. The summed E-state index contributed by atoms with van der Waals surface area (Å²) in [6.45, 7) is 0. The summed E-state index contributed by atoms with van der Waals surface area (Å²) in [5.74, 6) is -0.164. The fourth-order valence-corrected chi connectivity index (χ4v) is 2.68. The maximum Gasteiger partial charge on any atom is 0.256 e. The molecular formula is C14H8ClN3O. The molecule has 1 aromatic heterocycles. The Labute approximate surface area is 113 Å². The zero-order chi connectivity index (χ0) is 13.0. The number of carbonyl (C=O) groups is 1. The maximum absolute atomic E-state index is 12.3. The van der Waals surface area contributed by atoms with Crippen molar-refractivity contribution in [3.05, 3.63) is 47.0 Å². The minimum atomic E-state index is -0.164. The fraction of sp³-hybridized carbons (Fsp3) is 0. The molecule has 2 aromatic carbocycles. The van der Waals surface area contributed by atoms with Crippen LogP contribution in [0.2, 0.25) is 5.02 Å². The molecule has 3 aromatic rings. The minimum Gasteiger partial charge on any atom is -0.320 e. The molecule has 0 saturated carbocycles. The molecule has 0 unspecified atom stereocenters. The SMILES string of the molecule is O=C1Nc2c(Cl)ccc3[nH]nc(c23)-c2ccccc21. The van der Waals surface area contributed by atoms with Crippen molar-refractivity contribution in [1.82, 2.24) is 10.2 Å². The molecule has 2 N–H and O–H groups in total. The van der Waals surface area contributed by atoms with Crippen LogP contribution < -0.4 is 5.32 Å². The third kappa shape index (κ3) is 1.34. The molecule has 4 nitrogen and oxygen atoms in total. The molecule has 0 spiro atoms. The Morgan fingerprint density at radius 2 is 1.84 bits per heavy atom. The van der Waals surface area contributed by atoms with Crippen molar-refractivity contribution in [2.75, 3.05) is 5.32 Å². The number of halogens is 1. The quantitative estimate of drug-likeness (QED) is 0.657. The number of anilines is 1. The maximum atomic E-state index is 12.3. The van der Waals surface area contributed by atoms with Crippen LogP contribution in [0.5, 0.6) is 0 Å². The second kappa shape index (κ2) is 3.59. The van der Waals surface area contributed by atoms with Gasteiger partial charge in [0.15, 0.2) is 0 Å². The summed E-state index contributed by atoms with van der Waals surface area (Å²) < 4.78 is 0. The molecule has 1 amide bonds. The van der Waals surface area contributed by atoms with Crippen LogP contribution in [-0.2, 0) is 0 Å². The molecule has 2 heterocycles. The molecule has 0 fully saturated rings. The fourth-order valence-electron chi connectivity index (χ4n) is 2.47. The van der Waals surface area contributed by atoms with Crippen LogP contribution in [0.1, 0.15) is 10.4 Å². The molecule has 0 radical (unpaired) electrons. The van der Waals surface area contributed by atoms with Crippen molar-refractivity contribution in [1.29, 1.82) is 0 Å². The van der Waals surface area contributed by atoms with Gasteiger partial charge in [0.05, 0.1) is 21.6 Å². The molecule has 0 aliphatic carbocycles. The van der Waals surface area contributed by atoms with E-state index in [4.69, 9.17) is 11.6 Å². The molecule has 1 aliphatic heterocycles. The van der Waals surface area contributed by atoms with Crippen LogP contribution in [0.4, 0.5) is 5.69 Å². The zero-order valence-electron chi connectivity index (χ0n) is 9.70. The standard InChI is InChI=1S/C14H8ClN3O/c15-9-5-6-10-11-12(18-17-10)7-3-1-2-4-8(7)14(19)16-13(9)11/h1-6H,(H,16,19)(H,17,18). The molecule has 0 bridgehead atoms. The number of aromatic nitrogens is 2. The lowest BCUT2D eigenvalue weighted by Gasteiger charge is -2.06. The van der Waals surface area contributed by atoms with Crippen LogP contribution in [0, 0.1) is 0 Å². The van der Waals surface area contributed by atoms with E-state index in [1.165, 1.54) is 0 Å². The summed E-state index contributed by atoms with van der Waals surface area (Å²) in [5.41, 5.74) is 3.63. The number of hydrogen-bond acceptors (Lipinski definition) is 2. The highest BCUT2D eigenvalue weighted by molar-refractivity contribution is 6.37. The smallest absolute Gasteiger partial charge is 0.256 e. The molecular weight excluding hydrogens is 262 g/mol. The highest BCUT2D eigenvalue weighted by atomic mass is 35.5. The number of amides is 1. The Bertz CT molecular complexity index is 838. The average molecular weight is 270 g/mol. The Balaban J connectivity index is 2.20. The van der Waals surface area contributed by atoms with Gasteiger partial charge in [-0.2, -0.15) is 5.10 Å². The van der Waals surface area contributed by atoms with Gasteiger partial charge in [0.25, 0.3) is 5.91 Å². The molecule has 92 valence electrons. The topological polar surface area (TPSA) is 57.8 Å². The zero-order valence-corrected chi connectivity index (χ0v) is 10.5. The number of carbonyl (C=O) groups excluding carboxylic acids is 1. The number of rotatable bonds is 0. The van der Waals surface area contributed by atoms with E-state index < -0.39 is 0 Å². The van der Waals surface area contributed by atoms with Crippen LogP contribution in [0.15, 0.2) is 36.4 Å². The lowest BCUT2D eigenvalue weighted by atomic mass is 10.0. The van der Waals surface area contributed by atoms with E-state index in [9.17, 15) is 4.79 Å². The summed E-state index contributed by atoms with van der Waals surface area (Å²) in [7, 11) is 0. The van der Waals surface area contributed by atoms with E-state index in [2.05, 4.69) is 15.5 Å². The van der Waals surface area contributed by atoms with E-state index in [0.717, 1.165) is 22.2 Å². The van der Waals surface area contributed by atoms with Crippen LogP contribution in [0.25, 0.3) is 22.2 Å². The Hall–Kier alpha value is -2.33. The summed E-state index contributed by atoms with van der Waals surface area (Å²) in [4.78, 5) is 12.3. The average Bonchev–Trinajstić information content (AvgIpc) is 2.80. The molecule has 0 saturated heterocycles. The number of nitrogens with zero attached hydrogens (tertiary/aromatic N) is 1. The highest BCUT2D eigenvalue weighted by Crippen LogP contribution is 2.40. The Morgan fingerprint density at radius 1 is 1.05 bits per heavy atom. The number of aromatic amines is 1. The molecule has 4 rings (SSSR count). The Morgan fingerprint density at radius 3 is 2.68 bits per heavy atom. The van der Waals surface area contributed by atoms with Gasteiger partial charge in [0.2, 0.25) is 0 Å². The minimum absolute atomic E-state index is 0.164. The van der Waals surface area contributed by atoms with Gasteiger partial charge < -0.3 is 5.32 Å². The predicted molar refractivity (Wildman–Crippen MR) is 74.5 cm³/mol. The predicted octanol–water partition coefficient (Wildman–Crippen LogP) is 3.45. The molecule has 1 aliphatic rings. The number of fused-ring (bicyclic) bond motifs is 2. The van der Waals surface area contributed by atoms with E-state index >= 15 is 0 Å². The van der Waals surface area contributed by atoms with Crippen molar-refractivity contribution in [2.45, 2.75) is 0 Å². The first-order valence-corrected chi connectivity index (χ1v) is 6.21. The van der Waals surface area contributed by atoms with Crippen LogP contribution >= 0.6 is 11.6 Å². The monoisotopic (exact) mass is 269 g/mol. The molecule has 0 atom stereocenters. The number of nitrogens with one attached hydrogen (secondary N) is 2. The van der Waals surface area contributed by atoms with Gasteiger partial charge in [-0.3, -0.25) is 9.89 Å². The lowest BCUT2D eigenvalue weighted by Crippen LogP contribution is -2.11. The van der Waals surface area contributed by atoms with Gasteiger partial charge in [-0.1, -0.05) is 29.8 Å². The first-order valence-electron chi connectivity index (χ1n) is 5.83. The largest absolute Gasteiger partial charge is 0.320 e. The number of H-pyrrole nitrogens is 1. The second-order valence-corrected chi connectivity index (χ2v) is 4.82. The van der Waals surface area contributed by atoms with E-state index in [0.29, 0.717) is 16.3 Å². The van der Waals surface area contributed by atoms with Gasteiger partial charge in [-0.05, 0) is 18.2 Å². The van der Waals surface area contributed by atoms with Crippen molar-refractivity contribution < 1.29 is 4.79 Å². The Kier molecular flexibility index (Phi) is 2.00. The first kappa shape index (κ1) is 10.6. The first-order chi connectivity index (χ1) is 9.25. The van der Waals surface area contributed by atoms with Crippen molar-refractivity contribution >= 4 is 34.1 Å². The summed E-state index contributed by atoms with van der Waals surface area (Å²) in [5, 5.41) is 11.5. The van der Waals surface area contributed by atoms with E-state index in [1.807, 2.05) is 24.3 Å². The second-order valence-electron chi connectivity index (χ2n) is 4.42. The highest BCUT2D eigenvalue weighted by Gasteiger charge is 2.24. The normalized spacial score (nSPS) is 13.0. The van der Waals surface area contributed by atoms with E-state index in [1.54, 1.807) is 12.1 Å². The summed E-state index contributed by atoms with van der Waals surface area (Å²) >= 11 is 6.19. The van der Waals surface area contributed by atoms with Gasteiger partial charge >= 0.3 is 0 Å². The van der Waals surface area contributed by atoms with Gasteiger partial charge in [-0.15, -0.1) is 0 Å². The molecule has 19 heavy (non-hydrogen) atoms. The van der Waals surface area contributed by atoms with Gasteiger partial charge in [0, 0.05) is 11.1 Å². The molecule has 5 heteroatoms. The van der Waals surface area contributed by atoms with Crippen LogP contribution in [-0.4, -0.2) is 16.1 Å². The van der Waals surface area contributed by atoms with Gasteiger partial charge in [-0.25, -0.2) is 0 Å². The number of benzene rings is 2.